The molecular weight excluding hydrogens is 392 g/mol. The Balaban J connectivity index is 1.33. The third-order valence-corrected chi connectivity index (χ3v) is 6.16. The number of piperazine rings is 1. The number of hydrogen-bond donors (Lipinski definition) is 1. The quantitative estimate of drug-likeness (QED) is 0.747. The molecule has 0 bridgehead atoms. The summed E-state index contributed by atoms with van der Waals surface area (Å²) in [4.78, 5) is 27.5. The summed E-state index contributed by atoms with van der Waals surface area (Å²) < 4.78 is 0. The second-order valence-corrected chi connectivity index (χ2v) is 8.27. The van der Waals surface area contributed by atoms with E-state index < -0.39 is 5.60 Å². The average molecular weight is 421 g/mol. The minimum Gasteiger partial charge on any atom is -0.379 e. The van der Waals surface area contributed by atoms with Crippen LogP contribution in [0.2, 0.25) is 0 Å². The summed E-state index contributed by atoms with van der Waals surface area (Å²) in [6, 6.07) is 12.2. The number of β-amino-alcohol motifs (C(OH)–C–C–N with tert-alkyl or cyclic N) is 1. The van der Waals surface area contributed by atoms with Gasteiger partial charge in [-0.2, -0.15) is 5.26 Å². The SMILES string of the molecule is N#Cc1nccnc1N1CCN(C[C@]2(O)CCCN(CCc3ccccc3)C2=O)CC1. The van der Waals surface area contributed by atoms with Crippen molar-refractivity contribution in [2.75, 3.05) is 50.7 Å². The number of amides is 1. The molecule has 1 aromatic heterocycles. The van der Waals surface area contributed by atoms with Gasteiger partial charge in [0, 0.05) is 58.2 Å². The predicted molar refractivity (Wildman–Crippen MR) is 116 cm³/mol. The first kappa shape index (κ1) is 21.2. The molecule has 4 rings (SSSR count). The summed E-state index contributed by atoms with van der Waals surface area (Å²) in [5.41, 5.74) is 0.189. The van der Waals surface area contributed by atoms with Crippen molar-refractivity contribution in [2.24, 2.45) is 0 Å². The Bertz CT molecular complexity index is 939. The zero-order valence-electron chi connectivity index (χ0n) is 17.7. The van der Waals surface area contributed by atoms with E-state index in [1.165, 1.54) is 11.8 Å². The van der Waals surface area contributed by atoms with E-state index in [0.29, 0.717) is 63.7 Å². The molecule has 3 heterocycles. The minimum atomic E-state index is -1.33. The van der Waals surface area contributed by atoms with Gasteiger partial charge in [0.05, 0.1) is 0 Å². The highest BCUT2D eigenvalue weighted by atomic mass is 16.3. The summed E-state index contributed by atoms with van der Waals surface area (Å²) in [5, 5.41) is 20.5. The maximum atomic E-state index is 13.1. The van der Waals surface area contributed by atoms with E-state index in [0.717, 1.165) is 12.8 Å². The van der Waals surface area contributed by atoms with Crippen molar-refractivity contribution < 1.29 is 9.90 Å². The molecule has 0 unspecified atom stereocenters. The molecule has 1 N–H and O–H groups in total. The number of benzene rings is 1. The lowest BCUT2D eigenvalue weighted by Crippen LogP contribution is -2.61. The summed E-state index contributed by atoms with van der Waals surface area (Å²) in [6.45, 7) is 4.41. The van der Waals surface area contributed by atoms with Gasteiger partial charge in [0.2, 0.25) is 0 Å². The van der Waals surface area contributed by atoms with E-state index in [2.05, 4.69) is 33.1 Å². The molecule has 2 aliphatic rings. The number of piperidine rings is 1. The fraction of sp³-hybridized carbons (Fsp3) is 0.478. The summed E-state index contributed by atoms with van der Waals surface area (Å²) in [7, 11) is 0. The van der Waals surface area contributed by atoms with Crippen molar-refractivity contribution in [3.63, 3.8) is 0 Å². The van der Waals surface area contributed by atoms with Gasteiger partial charge in [-0.3, -0.25) is 9.69 Å². The summed E-state index contributed by atoms with van der Waals surface area (Å²) in [6.07, 6.45) is 5.21. The van der Waals surface area contributed by atoms with Crippen LogP contribution < -0.4 is 4.90 Å². The van der Waals surface area contributed by atoms with E-state index in [9.17, 15) is 15.2 Å². The number of nitrogens with zero attached hydrogens (tertiary/aromatic N) is 6. The van der Waals surface area contributed by atoms with Crippen molar-refractivity contribution in [3.8, 4) is 6.07 Å². The smallest absolute Gasteiger partial charge is 0.255 e. The first-order valence-electron chi connectivity index (χ1n) is 10.8. The lowest BCUT2D eigenvalue weighted by Gasteiger charge is -2.43. The number of aromatic nitrogens is 2. The van der Waals surface area contributed by atoms with Crippen LogP contribution in [0.1, 0.15) is 24.1 Å². The maximum Gasteiger partial charge on any atom is 0.255 e. The van der Waals surface area contributed by atoms with Crippen LogP contribution in [0.5, 0.6) is 0 Å². The molecule has 162 valence electrons. The van der Waals surface area contributed by atoms with Gasteiger partial charge in [-0.05, 0) is 24.8 Å². The Morgan fingerprint density at radius 1 is 1.06 bits per heavy atom. The van der Waals surface area contributed by atoms with E-state index >= 15 is 0 Å². The van der Waals surface area contributed by atoms with Crippen molar-refractivity contribution in [1.29, 1.82) is 5.26 Å². The van der Waals surface area contributed by atoms with Crippen LogP contribution in [-0.4, -0.2) is 82.2 Å². The van der Waals surface area contributed by atoms with Crippen molar-refractivity contribution >= 4 is 11.7 Å². The fourth-order valence-corrected chi connectivity index (χ4v) is 4.46. The zero-order valence-corrected chi connectivity index (χ0v) is 17.7. The second kappa shape index (κ2) is 9.41. The Morgan fingerprint density at radius 3 is 2.55 bits per heavy atom. The summed E-state index contributed by atoms with van der Waals surface area (Å²) >= 11 is 0. The standard InChI is InChI=1S/C23H28N6O2/c24-17-20-21(26-10-9-25-20)28-15-13-27(14-16-28)18-23(31)8-4-11-29(22(23)30)12-7-19-5-2-1-3-6-19/h1-3,5-6,9-10,31H,4,7-8,11-16,18H2/t23-/m1/s1. The number of likely N-dealkylation sites (tertiary alicyclic amines) is 1. The lowest BCUT2D eigenvalue weighted by molar-refractivity contribution is -0.159. The topological polar surface area (TPSA) is 96.6 Å². The molecule has 0 saturated carbocycles. The van der Waals surface area contributed by atoms with E-state index in [4.69, 9.17) is 0 Å². The molecular formula is C23H28N6O2. The number of carbonyl (C=O) groups excluding carboxylic acids is 1. The van der Waals surface area contributed by atoms with Gasteiger partial charge < -0.3 is 14.9 Å². The van der Waals surface area contributed by atoms with Crippen LogP contribution >= 0.6 is 0 Å². The molecule has 2 saturated heterocycles. The van der Waals surface area contributed by atoms with Gasteiger partial charge in [0.15, 0.2) is 17.1 Å². The first-order valence-corrected chi connectivity index (χ1v) is 10.8. The maximum absolute atomic E-state index is 13.1. The van der Waals surface area contributed by atoms with Gasteiger partial charge in [-0.25, -0.2) is 9.97 Å². The normalized spacial score (nSPS) is 22.4. The van der Waals surface area contributed by atoms with Gasteiger partial charge in [0.25, 0.3) is 5.91 Å². The molecule has 31 heavy (non-hydrogen) atoms. The van der Waals surface area contributed by atoms with Gasteiger partial charge in [-0.15, -0.1) is 0 Å². The Labute approximate surface area is 182 Å². The Morgan fingerprint density at radius 2 is 1.81 bits per heavy atom. The van der Waals surface area contributed by atoms with E-state index in [-0.39, 0.29) is 5.91 Å². The lowest BCUT2D eigenvalue weighted by atomic mass is 9.90. The second-order valence-electron chi connectivity index (χ2n) is 8.27. The van der Waals surface area contributed by atoms with Crippen LogP contribution in [-0.2, 0) is 11.2 Å². The van der Waals surface area contributed by atoms with Crippen LogP contribution in [0, 0.1) is 11.3 Å². The molecule has 2 aliphatic heterocycles. The largest absolute Gasteiger partial charge is 0.379 e. The fourth-order valence-electron chi connectivity index (χ4n) is 4.46. The monoisotopic (exact) mass is 420 g/mol. The molecule has 0 aliphatic carbocycles. The molecule has 0 spiro atoms. The third-order valence-electron chi connectivity index (χ3n) is 6.16. The number of carbonyl (C=O) groups is 1. The average Bonchev–Trinajstić information content (AvgIpc) is 2.81. The number of aliphatic hydroxyl groups is 1. The Kier molecular flexibility index (Phi) is 6.44. The number of hydrogen-bond acceptors (Lipinski definition) is 7. The Hall–Kier alpha value is -3.02. The highest BCUT2D eigenvalue weighted by Crippen LogP contribution is 2.25. The molecule has 0 radical (unpaired) electrons. The van der Waals surface area contributed by atoms with Crippen LogP contribution in [0.3, 0.4) is 0 Å². The van der Waals surface area contributed by atoms with Crippen molar-refractivity contribution in [2.45, 2.75) is 24.9 Å². The van der Waals surface area contributed by atoms with Crippen molar-refractivity contribution in [1.82, 2.24) is 19.8 Å². The van der Waals surface area contributed by atoms with Crippen LogP contribution in [0.25, 0.3) is 0 Å². The zero-order chi connectivity index (χ0) is 21.7. The molecule has 8 heteroatoms. The van der Waals surface area contributed by atoms with E-state index in [1.807, 2.05) is 28.0 Å². The highest BCUT2D eigenvalue weighted by Gasteiger charge is 2.43. The van der Waals surface area contributed by atoms with Crippen LogP contribution in [0.4, 0.5) is 5.82 Å². The molecule has 2 fully saturated rings. The first-order chi connectivity index (χ1) is 15.1. The van der Waals surface area contributed by atoms with Gasteiger partial charge >= 0.3 is 0 Å². The molecule has 8 nitrogen and oxygen atoms in total. The van der Waals surface area contributed by atoms with Crippen molar-refractivity contribution in [3.05, 3.63) is 54.0 Å². The highest BCUT2D eigenvalue weighted by molar-refractivity contribution is 5.86. The molecule has 1 atom stereocenters. The predicted octanol–water partition coefficient (Wildman–Crippen LogP) is 1.07. The van der Waals surface area contributed by atoms with Gasteiger partial charge in [-0.1, -0.05) is 30.3 Å². The van der Waals surface area contributed by atoms with Gasteiger partial charge in [0.1, 0.15) is 6.07 Å². The minimum absolute atomic E-state index is 0.155. The van der Waals surface area contributed by atoms with Crippen LogP contribution in [0.15, 0.2) is 42.7 Å². The molecule has 1 aromatic carbocycles. The van der Waals surface area contributed by atoms with E-state index in [1.54, 1.807) is 6.20 Å². The number of nitriles is 1. The molecule has 2 aromatic rings. The summed E-state index contributed by atoms with van der Waals surface area (Å²) in [5.74, 6) is 0.446. The number of anilines is 1. The molecule has 1 amide bonds. The third kappa shape index (κ3) is 4.84. The number of rotatable bonds is 6.